The molecule has 2 fully saturated rings. The Balaban J connectivity index is 2.07. The molecule has 18 heavy (non-hydrogen) atoms. The van der Waals surface area contributed by atoms with E-state index in [1.165, 1.54) is 0 Å². The van der Waals surface area contributed by atoms with Crippen LogP contribution in [0.3, 0.4) is 0 Å². The quantitative estimate of drug-likeness (QED) is 0.423. The summed E-state index contributed by atoms with van der Waals surface area (Å²) in [6.45, 7) is 3.59. The van der Waals surface area contributed by atoms with E-state index in [-0.39, 0.29) is 13.2 Å². The van der Waals surface area contributed by atoms with Crippen LogP contribution < -0.4 is 0 Å². The summed E-state index contributed by atoms with van der Waals surface area (Å²) in [5.41, 5.74) is 8.32. The van der Waals surface area contributed by atoms with Gasteiger partial charge in [-0.2, -0.15) is 5.26 Å². The first-order valence-electron chi connectivity index (χ1n) is 5.58. The average Bonchev–Trinajstić information content (AvgIpc) is 2.76. The van der Waals surface area contributed by atoms with E-state index >= 15 is 0 Å². The fourth-order valence-corrected chi connectivity index (χ4v) is 2.15. The minimum absolute atomic E-state index is 0.0756. The van der Waals surface area contributed by atoms with Gasteiger partial charge in [0.2, 0.25) is 0 Å². The topological polar surface area (TPSA) is 109 Å². The van der Waals surface area contributed by atoms with Crippen molar-refractivity contribution in [1.82, 2.24) is 0 Å². The minimum Gasteiger partial charge on any atom is -0.358 e. The van der Waals surface area contributed by atoms with Crippen molar-refractivity contribution in [2.24, 2.45) is 5.11 Å². The van der Waals surface area contributed by atoms with Gasteiger partial charge in [0.15, 0.2) is 12.1 Å². The van der Waals surface area contributed by atoms with E-state index in [1.807, 2.05) is 6.07 Å². The van der Waals surface area contributed by atoms with Crippen molar-refractivity contribution >= 4 is 0 Å². The molecule has 98 valence electrons. The van der Waals surface area contributed by atoms with Crippen molar-refractivity contribution in [3.05, 3.63) is 10.4 Å². The third kappa shape index (κ3) is 2.56. The van der Waals surface area contributed by atoms with E-state index in [2.05, 4.69) is 10.0 Å². The molecule has 8 nitrogen and oxygen atoms in total. The van der Waals surface area contributed by atoms with Crippen molar-refractivity contribution in [3.8, 4) is 6.07 Å². The fraction of sp³-hybridized carbons (Fsp3) is 0.900. The Kier molecular flexibility index (Phi) is 3.71. The SMILES string of the molecule is CC1(C)O[C@H]2O[C@H](CN=[N+]=[N-])[C@H](OCC#N)[C@H]2O1. The Bertz CT molecular complexity index is 401. The Morgan fingerprint density at radius 2 is 2.28 bits per heavy atom. The average molecular weight is 254 g/mol. The molecule has 0 saturated carbocycles. The van der Waals surface area contributed by atoms with E-state index in [0.717, 1.165) is 0 Å². The van der Waals surface area contributed by atoms with Crippen molar-refractivity contribution in [3.63, 3.8) is 0 Å². The Morgan fingerprint density at radius 1 is 1.50 bits per heavy atom. The van der Waals surface area contributed by atoms with E-state index in [1.54, 1.807) is 13.8 Å². The first-order chi connectivity index (χ1) is 8.57. The van der Waals surface area contributed by atoms with Crippen LogP contribution >= 0.6 is 0 Å². The highest BCUT2D eigenvalue weighted by atomic mass is 16.8. The van der Waals surface area contributed by atoms with Gasteiger partial charge in [0.1, 0.15) is 18.8 Å². The van der Waals surface area contributed by atoms with Gasteiger partial charge in [0.05, 0.1) is 18.7 Å². The number of ether oxygens (including phenoxy) is 4. The zero-order valence-electron chi connectivity index (χ0n) is 10.1. The van der Waals surface area contributed by atoms with Crippen LogP contribution in [-0.2, 0) is 18.9 Å². The van der Waals surface area contributed by atoms with Gasteiger partial charge >= 0.3 is 0 Å². The molecule has 2 aliphatic rings. The number of azide groups is 1. The van der Waals surface area contributed by atoms with Gasteiger partial charge in [0, 0.05) is 4.91 Å². The molecule has 0 bridgehead atoms. The van der Waals surface area contributed by atoms with Crippen LogP contribution in [0.5, 0.6) is 0 Å². The van der Waals surface area contributed by atoms with E-state index in [9.17, 15) is 0 Å². The Labute approximate surface area is 104 Å². The van der Waals surface area contributed by atoms with Gasteiger partial charge in [-0.15, -0.1) is 0 Å². The fourth-order valence-electron chi connectivity index (χ4n) is 2.15. The highest BCUT2D eigenvalue weighted by molar-refractivity contribution is 4.95. The molecule has 2 heterocycles. The van der Waals surface area contributed by atoms with Crippen molar-refractivity contribution < 1.29 is 18.9 Å². The first kappa shape index (κ1) is 13.1. The van der Waals surface area contributed by atoms with Crippen LogP contribution in [0.1, 0.15) is 13.8 Å². The normalized spacial score (nSPS) is 36.7. The second-order valence-electron chi connectivity index (χ2n) is 4.49. The first-order valence-corrected chi connectivity index (χ1v) is 5.58. The van der Waals surface area contributed by atoms with Crippen LogP contribution in [-0.4, -0.2) is 43.5 Å². The maximum atomic E-state index is 8.56. The number of nitrogens with zero attached hydrogens (tertiary/aromatic N) is 4. The van der Waals surface area contributed by atoms with E-state index in [4.69, 9.17) is 29.7 Å². The molecule has 4 atom stereocenters. The smallest absolute Gasteiger partial charge is 0.190 e. The lowest BCUT2D eigenvalue weighted by atomic mass is 10.1. The van der Waals surface area contributed by atoms with Crippen LogP contribution in [0.4, 0.5) is 0 Å². The molecule has 0 aromatic carbocycles. The Morgan fingerprint density at radius 3 is 2.94 bits per heavy atom. The van der Waals surface area contributed by atoms with Gasteiger partial charge in [-0.1, -0.05) is 5.11 Å². The lowest BCUT2D eigenvalue weighted by Crippen LogP contribution is -2.38. The summed E-state index contributed by atoms with van der Waals surface area (Å²) < 4.78 is 22.2. The largest absolute Gasteiger partial charge is 0.358 e. The van der Waals surface area contributed by atoms with Gasteiger partial charge in [-0.05, 0) is 19.4 Å². The molecule has 0 radical (unpaired) electrons. The molecule has 2 rings (SSSR count). The number of hydrogen-bond donors (Lipinski definition) is 0. The van der Waals surface area contributed by atoms with Crippen molar-refractivity contribution in [1.29, 1.82) is 5.26 Å². The lowest BCUT2D eigenvalue weighted by molar-refractivity contribution is -0.216. The molecule has 0 aliphatic carbocycles. The monoisotopic (exact) mass is 254 g/mol. The highest BCUT2D eigenvalue weighted by Crippen LogP contribution is 2.38. The number of hydrogen-bond acceptors (Lipinski definition) is 6. The molecular weight excluding hydrogens is 240 g/mol. The summed E-state index contributed by atoms with van der Waals surface area (Å²) in [5.74, 6) is -0.743. The van der Waals surface area contributed by atoms with E-state index in [0.29, 0.717) is 0 Å². The molecule has 0 amide bonds. The Hall–Kier alpha value is -1.36. The molecule has 0 aromatic rings. The lowest BCUT2D eigenvalue weighted by Gasteiger charge is -2.24. The summed E-state index contributed by atoms with van der Waals surface area (Å²) in [4.78, 5) is 2.68. The summed E-state index contributed by atoms with van der Waals surface area (Å²) in [7, 11) is 0. The zero-order chi connectivity index (χ0) is 13.2. The summed E-state index contributed by atoms with van der Waals surface area (Å²) in [6.07, 6.45) is -1.89. The zero-order valence-corrected chi connectivity index (χ0v) is 10.1. The van der Waals surface area contributed by atoms with Crippen molar-refractivity contribution in [2.75, 3.05) is 13.2 Å². The van der Waals surface area contributed by atoms with Gasteiger partial charge in [0.25, 0.3) is 0 Å². The third-order valence-corrected chi connectivity index (χ3v) is 2.75. The summed E-state index contributed by atoms with van der Waals surface area (Å²) in [6, 6.07) is 1.89. The van der Waals surface area contributed by atoms with Crippen LogP contribution in [0.15, 0.2) is 5.11 Å². The number of nitriles is 1. The molecule has 8 heteroatoms. The second-order valence-corrected chi connectivity index (χ2v) is 4.49. The standard InChI is InChI=1S/C10H14N4O4/c1-10(2)17-8-7(15-4-3-11)6(5-13-14-12)16-9(8)18-10/h6-9H,4-5H2,1-2H3/t6-,7+,8-,9-/m1/s1. The van der Waals surface area contributed by atoms with Crippen molar-refractivity contribution in [2.45, 2.75) is 44.2 Å². The molecular formula is C10H14N4O4. The van der Waals surface area contributed by atoms with E-state index < -0.39 is 30.4 Å². The maximum absolute atomic E-state index is 8.56. The number of rotatable bonds is 4. The second kappa shape index (κ2) is 5.10. The summed E-state index contributed by atoms with van der Waals surface area (Å²) in [5, 5.41) is 12.0. The summed E-state index contributed by atoms with van der Waals surface area (Å²) >= 11 is 0. The minimum atomic E-state index is -0.743. The predicted octanol–water partition coefficient (Wildman–Crippen LogP) is 1.08. The molecule has 2 saturated heterocycles. The number of fused-ring (bicyclic) bond motifs is 1. The molecule has 0 unspecified atom stereocenters. The van der Waals surface area contributed by atoms with Gasteiger partial charge < -0.3 is 18.9 Å². The van der Waals surface area contributed by atoms with Crippen LogP contribution in [0, 0.1) is 11.3 Å². The molecule has 2 aliphatic heterocycles. The van der Waals surface area contributed by atoms with Crippen LogP contribution in [0.2, 0.25) is 0 Å². The molecule has 0 aromatic heterocycles. The van der Waals surface area contributed by atoms with Gasteiger partial charge in [-0.3, -0.25) is 0 Å². The molecule has 0 N–H and O–H groups in total. The van der Waals surface area contributed by atoms with Gasteiger partial charge in [-0.25, -0.2) is 0 Å². The maximum Gasteiger partial charge on any atom is 0.190 e. The highest BCUT2D eigenvalue weighted by Gasteiger charge is 2.55. The third-order valence-electron chi connectivity index (χ3n) is 2.75. The predicted molar refractivity (Wildman–Crippen MR) is 58.1 cm³/mol. The van der Waals surface area contributed by atoms with Crippen LogP contribution in [0.25, 0.3) is 10.4 Å². The molecule has 0 spiro atoms.